The first-order chi connectivity index (χ1) is 12.4. The van der Waals surface area contributed by atoms with E-state index in [0.29, 0.717) is 0 Å². The van der Waals surface area contributed by atoms with Crippen molar-refractivity contribution in [1.29, 1.82) is 0 Å². The summed E-state index contributed by atoms with van der Waals surface area (Å²) in [7, 11) is 0. The SMILES string of the molecule is CC[C@]12CCCN3CCc4c(n(c5cc(Br)ccc45)[C@@](O)(C(=O)O)C1)[C@@H]32. The number of piperidine rings is 1. The molecule has 1 aromatic heterocycles. The van der Waals surface area contributed by atoms with Gasteiger partial charge in [-0.3, -0.25) is 4.90 Å². The molecule has 6 heteroatoms. The number of aromatic nitrogens is 1. The Labute approximate surface area is 160 Å². The summed E-state index contributed by atoms with van der Waals surface area (Å²) in [6, 6.07) is 6.23. The molecule has 26 heavy (non-hydrogen) atoms. The summed E-state index contributed by atoms with van der Waals surface area (Å²) < 4.78 is 2.65. The maximum atomic E-state index is 12.3. The molecule has 2 aromatic rings. The van der Waals surface area contributed by atoms with E-state index in [-0.39, 0.29) is 17.9 Å². The molecule has 0 saturated carbocycles. The fraction of sp³-hybridized carbons (Fsp3) is 0.550. The molecule has 4 heterocycles. The largest absolute Gasteiger partial charge is 0.478 e. The third-order valence-electron chi connectivity index (χ3n) is 7.06. The number of aliphatic carboxylic acids is 1. The summed E-state index contributed by atoms with van der Waals surface area (Å²) in [6.45, 7) is 4.22. The quantitative estimate of drug-likeness (QED) is 0.781. The molecular weight excluding hydrogens is 396 g/mol. The molecule has 1 aromatic carbocycles. The number of halogens is 1. The number of hydrogen-bond acceptors (Lipinski definition) is 3. The van der Waals surface area contributed by atoms with Crippen molar-refractivity contribution >= 4 is 32.8 Å². The third kappa shape index (κ3) is 1.90. The lowest BCUT2D eigenvalue weighted by molar-refractivity contribution is -0.190. The van der Waals surface area contributed by atoms with Crippen molar-refractivity contribution in [3.05, 3.63) is 33.9 Å². The summed E-state index contributed by atoms with van der Waals surface area (Å²) >= 11 is 3.52. The first kappa shape index (κ1) is 16.8. The van der Waals surface area contributed by atoms with E-state index in [9.17, 15) is 15.0 Å². The van der Waals surface area contributed by atoms with E-state index in [1.54, 1.807) is 4.57 Å². The lowest BCUT2D eigenvalue weighted by atomic mass is 9.62. The zero-order chi connectivity index (χ0) is 18.3. The lowest BCUT2D eigenvalue weighted by Crippen LogP contribution is -2.59. The van der Waals surface area contributed by atoms with E-state index < -0.39 is 11.7 Å². The Balaban J connectivity index is 1.92. The van der Waals surface area contributed by atoms with E-state index in [1.807, 2.05) is 12.1 Å². The highest BCUT2D eigenvalue weighted by Crippen LogP contribution is 2.60. The van der Waals surface area contributed by atoms with Crippen LogP contribution in [0.2, 0.25) is 0 Å². The Morgan fingerprint density at radius 2 is 2.19 bits per heavy atom. The van der Waals surface area contributed by atoms with Gasteiger partial charge in [-0.15, -0.1) is 0 Å². The average Bonchev–Trinajstić information content (AvgIpc) is 2.95. The van der Waals surface area contributed by atoms with Gasteiger partial charge in [0.25, 0.3) is 0 Å². The van der Waals surface area contributed by atoms with E-state index in [1.165, 1.54) is 5.56 Å². The van der Waals surface area contributed by atoms with Crippen LogP contribution < -0.4 is 0 Å². The average molecular weight is 419 g/mol. The Morgan fingerprint density at radius 1 is 1.38 bits per heavy atom. The maximum absolute atomic E-state index is 12.3. The third-order valence-corrected chi connectivity index (χ3v) is 7.56. The van der Waals surface area contributed by atoms with Crippen LogP contribution in [0, 0.1) is 5.41 Å². The van der Waals surface area contributed by atoms with Gasteiger partial charge in [0.2, 0.25) is 5.72 Å². The van der Waals surface area contributed by atoms with Crippen LogP contribution in [0.4, 0.5) is 0 Å². The van der Waals surface area contributed by atoms with Crippen LogP contribution in [0.1, 0.15) is 49.9 Å². The van der Waals surface area contributed by atoms with Crippen LogP contribution in [0.15, 0.2) is 22.7 Å². The standard InChI is InChI=1S/C20H23BrN2O3/c1-2-19-7-3-8-22-9-6-14-13-5-4-12(21)10-15(13)23(16(14)17(19)22)20(26,11-19)18(24)25/h4-5,10,17,26H,2-3,6-9,11H2,1H3,(H,24,25)/t17-,19+,20+/m1/s1. The highest BCUT2D eigenvalue weighted by Gasteiger charge is 2.60. The Kier molecular flexibility index (Phi) is 3.44. The number of aliphatic hydroxyl groups is 1. The van der Waals surface area contributed by atoms with Gasteiger partial charge in [-0.05, 0) is 55.3 Å². The summed E-state index contributed by atoms with van der Waals surface area (Å²) in [5.74, 6) is -1.15. The number of nitrogens with zero attached hydrogens (tertiary/aromatic N) is 2. The van der Waals surface area contributed by atoms with Crippen molar-refractivity contribution in [1.82, 2.24) is 9.47 Å². The van der Waals surface area contributed by atoms with Crippen LogP contribution >= 0.6 is 15.9 Å². The van der Waals surface area contributed by atoms with Crippen LogP contribution in [0.3, 0.4) is 0 Å². The molecule has 3 aliphatic heterocycles. The van der Waals surface area contributed by atoms with Gasteiger partial charge in [0.15, 0.2) is 0 Å². The summed E-state index contributed by atoms with van der Waals surface area (Å²) in [5, 5.41) is 22.6. The van der Waals surface area contributed by atoms with Crippen molar-refractivity contribution in [2.75, 3.05) is 13.1 Å². The molecule has 0 amide bonds. The van der Waals surface area contributed by atoms with Gasteiger partial charge in [-0.1, -0.05) is 28.9 Å². The van der Waals surface area contributed by atoms with Gasteiger partial charge in [-0.2, -0.15) is 0 Å². The van der Waals surface area contributed by atoms with E-state index >= 15 is 0 Å². The normalized spacial score (nSPS) is 33.3. The minimum absolute atomic E-state index is 0.178. The zero-order valence-electron chi connectivity index (χ0n) is 14.8. The predicted molar refractivity (Wildman–Crippen MR) is 102 cm³/mol. The predicted octanol–water partition coefficient (Wildman–Crippen LogP) is 3.63. The van der Waals surface area contributed by atoms with Crippen LogP contribution in [-0.2, 0) is 16.9 Å². The fourth-order valence-electron chi connectivity index (χ4n) is 5.96. The first-order valence-corrected chi connectivity index (χ1v) is 10.2. The number of rotatable bonds is 2. The molecule has 0 radical (unpaired) electrons. The monoisotopic (exact) mass is 418 g/mol. The summed E-state index contributed by atoms with van der Waals surface area (Å²) in [5.41, 5.74) is 1.03. The van der Waals surface area contributed by atoms with Crippen molar-refractivity contribution in [3.63, 3.8) is 0 Å². The molecule has 138 valence electrons. The maximum Gasteiger partial charge on any atom is 0.357 e. The summed E-state index contributed by atoms with van der Waals surface area (Å²) in [4.78, 5) is 14.8. The second-order valence-corrected chi connectivity index (χ2v) is 9.08. The van der Waals surface area contributed by atoms with E-state index in [4.69, 9.17) is 0 Å². The first-order valence-electron chi connectivity index (χ1n) is 9.44. The molecule has 0 aliphatic carbocycles. The molecule has 0 unspecified atom stereocenters. The Hall–Kier alpha value is -1.37. The minimum atomic E-state index is -1.89. The van der Waals surface area contributed by atoms with Crippen LogP contribution in [0.5, 0.6) is 0 Å². The molecule has 1 saturated heterocycles. The van der Waals surface area contributed by atoms with Crippen molar-refractivity contribution < 1.29 is 15.0 Å². The Bertz CT molecular complexity index is 939. The minimum Gasteiger partial charge on any atom is -0.478 e. The fourth-order valence-corrected chi connectivity index (χ4v) is 6.31. The highest BCUT2D eigenvalue weighted by molar-refractivity contribution is 9.10. The van der Waals surface area contributed by atoms with Gasteiger partial charge in [-0.25, -0.2) is 4.79 Å². The van der Waals surface area contributed by atoms with Gasteiger partial charge < -0.3 is 14.8 Å². The molecule has 0 bridgehead atoms. The number of fused-ring (bicyclic) bond motifs is 3. The number of hydrogen-bond donors (Lipinski definition) is 2. The molecular formula is C20H23BrN2O3. The van der Waals surface area contributed by atoms with Gasteiger partial charge in [0.05, 0.1) is 11.6 Å². The number of carboxylic acid groups (broad SMARTS) is 1. The molecule has 2 N–H and O–H groups in total. The smallest absolute Gasteiger partial charge is 0.357 e. The molecule has 5 rings (SSSR count). The number of benzene rings is 1. The lowest BCUT2D eigenvalue weighted by Gasteiger charge is -2.57. The topological polar surface area (TPSA) is 65.7 Å². The zero-order valence-corrected chi connectivity index (χ0v) is 16.4. The Morgan fingerprint density at radius 3 is 2.92 bits per heavy atom. The summed E-state index contributed by atoms with van der Waals surface area (Å²) in [6.07, 6.45) is 4.11. The van der Waals surface area contributed by atoms with Gasteiger partial charge in [0.1, 0.15) is 0 Å². The highest BCUT2D eigenvalue weighted by atomic mass is 79.9. The van der Waals surface area contributed by atoms with Crippen LogP contribution in [-0.4, -0.2) is 38.7 Å². The van der Waals surface area contributed by atoms with E-state index in [0.717, 1.165) is 59.8 Å². The molecule has 1 fully saturated rings. The van der Waals surface area contributed by atoms with Crippen molar-refractivity contribution in [2.45, 2.75) is 50.8 Å². The molecule has 0 spiro atoms. The molecule has 3 aliphatic rings. The van der Waals surface area contributed by atoms with Crippen molar-refractivity contribution in [2.24, 2.45) is 5.41 Å². The molecule has 5 nitrogen and oxygen atoms in total. The van der Waals surface area contributed by atoms with Crippen molar-refractivity contribution in [3.8, 4) is 0 Å². The van der Waals surface area contributed by atoms with Crippen LogP contribution in [0.25, 0.3) is 10.9 Å². The second kappa shape index (κ2) is 5.33. The number of carboxylic acids is 1. The molecule has 3 atom stereocenters. The van der Waals surface area contributed by atoms with Gasteiger partial charge in [0, 0.05) is 28.5 Å². The second-order valence-electron chi connectivity index (χ2n) is 8.17. The van der Waals surface area contributed by atoms with Gasteiger partial charge >= 0.3 is 5.97 Å². The van der Waals surface area contributed by atoms with E-state index in [2.05, 4.69) is 33.8 Å². The number of carbonyl (C=O) groups is 1.